The lowest BCUT2D eigenvalue weighted by molar-refractivity contribution is -0.130. The summed E-state index contributed by atoms with van der Waals surface area (Å²) in [5.74, 6) is 0.126. The predicted octanol–water partition coefficient (Wildman–Crippen LogP) is 0.674. The minimum absolute atomic E-state index is 0.126. The normalized spacial score (nSPS) is 25.9. The number of likely N-dealkylation sites (tertiary alicyclic amines) is 1. The summed E-state index contributed by atoms with van der Waals surface area (Å²) in [5, 5.41) is 22.4. The molecule has 3 atom stereocenters. The Morgan fingerprint density at radius 1 is 1.29 bits per heavy atom. The van der Waals surface area contributed by atoms with Gasteiger partial charge in [-0.2, -0.15) is 0 Å². The number of hydrogen-bond acceptors (Lipinski definition) is 6. The Morgan fingerprint density at radius 3 is 2.75 bits per heavy atom. The number of carbonyl (C=O) groups excluding carboxylic acids is 1. The molecule has 2 aliphatic rings. The quantitative estimate of drug-likeness (QED) is 0.786. The number of aliphatic hydroxyl groups excluding tert-OH is 1. The summed E-state index contributed by atoms with van der Waals surface area (Å²) in [6, 6.07) is 10.0. The van der Waals surface area contributed by atoms with Crippen LogP contribution < -0.4 is 5.32 Å². The van der Waals surface area contributed by atoms with Gasteiger partial charge in [0.25, 0.3) is 0 Å². The van der Waals surface area contributed by atoms with Gasteiger partial charge in [-0.1, -0.05) is 35.5 Å². The smallest absolute Gasteiger partial charge is 0.219 e. The lowest BCUT2D eigenvalue weighted by Crippen LogP contribution is -2.53. The highest BCUT2D eigenvalue weighted by molar-refractivity contribution is 5.73. The van der Waals surface area contributed by atoms with Gasteiger partial charge in [0, 0.05) is 31.6 Å². The highest BCUT2D eigenvalue weighted by Crippen LogP contribution is 2.21. The second-order valence-corrected chi connectivity index (χ2v) is 7.60. The Hall–Kier alpha value is -2.29. The monoisotopic (exact) mass is 385 g/mol. The van der Waals surface area contributed by atoms with Crippen LogP contribution in [0.25, 0.3) is 11.3 Å². The van der Waals surface area contributed by atoms with Crippen molar-refractivity contribution in [3.05, 3.63) is 36.5 Å². The largest absolute Gasteiger partial charge is 0.389 e. The number of benzene rings is 1. The number of ether oxygens (including phenoxy) is 1. The molecule has 2 fully saturated rings. The van der Waals surface area contributed by atoms with Gasteiger partial charge in [-0.15, -0.1) is 5.10 Å². The van der Waals surface area contributed by atoms with Crippen molar-refractivity contribution in [3.63, 3.8) is 0 Å². The molecular formula is C20H27N5O3. The van der Waals surface area contributed by atoms with Crippen LogP contribution in [0.1, 0.15) is 19.8 Å². The van der Waals surface area contributed by atoms with Crippen LogP contribution in [-0.4, -0.2) is 74.9 Å². The molecule has 2 aliphatic heterocycles. The van der Waals surface area contributed by atoms with Gasteiger partial charge in [0.1, 0.15) is 5.69 Å². The second kappa shape index (κ2) is 8.38. The zero-order chi connectivity index (χ0) is 19.5. The van der Waals surface area contributed by atoms with Crippen molar-refractivity contribution in [1.82, 2.24) is 25.2 Å². The molecule has 2 aromatic rings. The molecule has 8 heteroatoms. The van der Waals surface area contributed by atoms with Gasteiger partial charge >= 0.3 is 0 Å². The Labute approximate surface area is 164 Å². The zero-order valence-corrected chi connectivity index (χ0v) is 16.1. The van der Waals surface area contributed by atoms with E-state index in [2.05, 4.69) is 15.6 Å². The standard InChI is InChI=1S/C20H27N5O3/c1-14(26)24-9-7-16(8-10-24)21-20-18(27)13-28-19(20)12-25-11-17(22-23-25)15-5-3-2-4-6-15/h2-6,11,16,18-21,27H,7-10,12-13H2,1H3/t18-,19+,20+/m0/s1. The van der Waals surface area contributed by atoms with Crippen molar-refractivity contribution < 1.29 is 14.6 Å². The van der Waals surface area contributed by atoms with Crippen LogP contribution in [0.5, 0.6) is 0 Å². The lowest BCUT2D eigenvalue weighted by atomic mass is 10.0. The summed E-state index contributed by atoms with van der Waals surface area (Å²) in [4.78, 5) is 13.4. The molecule has 150 valence electrons. The van der Waals surface area contributed by atoms with Gasteiger partial charge in [-0.25, -0.2) is 4.68 Å². The third kappa shape index (κ3) is 4.24. The van der Waals surface area contributed by atoms with Crippen molar-refractivity contribution in [3.8, 4) is 11.3 Å². The summed E-state index contributed by atoms with van der Waals surface area (Å²) in [6.07, 6.45) is 2.96. The first-order chi connectivity index (χ1) is 13.6. The highest BCUT2D eigenvalue weighted by Gasteiger charge is 2.38. The van der Waals surface area contributed by atoms with E-state index >= 15 is 0 Å². The van der Waals surface area contributed by atoms with Crippen LogP contribution in [-0.2, 0) is 16.1 Å². The maximum absolute atomic E-state index is 11.5. The lowest BCUT2D eigenvalue weighted by Gasteiger charge is -2.34. The Kier molecular flexibility index (Phi) is 5.70. The van der Waals surface area contributed by atoms with Gasteiger partial charge in [-0.3, -0.25) is 4.79 Å². The second-order valence-electron chi connectivity index (χ2n) is 7.60. The van der Waals surface area contributed by atoms with Gasteiger partial charge in [0.2, 0.25) is 5.91 Å². The summed E-state index contributed by atoms with van der Waals surface area (Å²) in [5.41, 5.74) is 1.84. The Bertz CT molecular complexity index is 788. The van der Waals surface area contributed by atoms with Crippen molar-refractivity contribution in [2.45, 2.75) is 50.6 Å². The van der Waals surface area contributed by atoms with E-state index in [1.54, 1.807) is 11.6 Å². The molecule has 0 unspecified atom stereocenters. The number of aromatic nitrogens is 3. The first kappa shape index (κ1) is 19.0. The predicted molar refractivity (Wildman–Crippen MR) is 103 cm³/mol. The number of amides is 1. The number of rotatable bonds is 5. The summed E-state index contributed by atoms with van der Waals surface area (Å²) in [7, 11) is 0. The first-order valence-electron chi connectivity index (χ1n) is 9.87. The van der Waals surface area contributed by atoms with E-state index in [9.17, 15) is 9.90 Å². The number of aliphatic hydroxyl groups is 1. The molecule has 0 radical (unpaired) electrons. The topological polar surface area (TPSA) is 92.5 Å². The highest BCUT2D eigenvalue weighted by atomic mass is 16.5. The van der Waals surface area contributed by atoms with Crippen molar-refractivity contribution in [1.29, 1.82) is 0 Å². The van der Waals surface area contributed by atoms with Gasteiger partial charge < -0.3 is 20.1 Å². The van der Waals surface area contributed by atoms with E-state index in [1.165, 1.54) is 0 Å². The molecule has 1 aromatic heterocycles. The molecule has 0 bridgehead atoms. The third-order valence-electron chi connectivity index (χ3n) is 5.64. The number of piperidine rings is 1. The van der Waals surface area contributed by atoms with Crippen LogP contribution >= 0.6 is 0 Å². The van der Waals surface area contributed by atoms with Crippen LogP contribution in [0.2, 0.25) is 0 Å². The fourth-order valence-corrected chi connectivity index (χ4v) is 4.01. The summed E-state index contributed by atoms with van der Waals surface area (Å²) < 4.78 is 7.61. The molecule has 2 N–H and O–H groups in total. The molecular weight excluding hydrogens is 358 g/mol. The Morgan fingerprint density at radius 2 is 2.04 bits per heavy atom. The van der Waals surface area contributed by atoms with E-state index in [4.69, 9.17) is 4.74 Å². The fraction of sp³-hybridized carbons (Fsp3) is 0.550. The molecule has 28 heavy (non-hydrogen) atoms. The van der Waals surface area contributed by atoms with E-state index in [0.29, 0.717) is 13.2 Å². The molecule has 4 rings (SSSR count). The summed E-state index contributed by atoms with van der Waals surface area (Å²) in [6.45, 7) is 3.96. The molecule has 8 nitrogen and oxygen atoms in total. The SMILES string of the molecule is CC(=O)N1CCC(N[C@@H]2[C@@H](O)CO[C@@H]2Cn2cc(-c3ccccc3)nn2)CC1. The van der Waals surface area contributed by atoms with Crippen molar-refractivity contribution in [2.24, 2.45) is 0 Å². The molecule has 3 heterocycles. The Balaban J connectivity index is 1.37. The molecule has 0 saturated carbocycles. The fourth-order valence-electron chi connectivity index (χ4n) is 4.01. The van der Waals surface area contributed by atoms with E-state index in [-0.39, 0.29) is 24.1 Å². The van der Waals surface area contributed by atoms with Gasteiger partial charge in [-0.05, 0) is 12.8 Å². The third-order valence-corrected chi connectivity index (χ3v) is 5.64. The van der Waals surface area contributed by atoms with Crippen LogP contribution in [0.4, 0.5) is 0 Å². The zero-order valence-electron chi connectivity index (χ0n) is 16.1. The van der Waals surface area contributed by atoms with Crippen LogP contribution in [0.3, 0.4) is 0 Å². The molecule has 0 aliphatic carbocycles. The van der Waals surface area contributed by atoms with E-state index in [0.717, 1.165) is 37.2 Å². The van der Waals surface area contributed by atoms with E-state index < -0.39 is 6.10 Å². The number of nitrogens with one attached hydrogen (secondary N) is 1. The maximum atomic E-state index is 11.5. The maximum Gasteiger partial charge on any atom is 0.219 e. The average Bonchev–Trinajstić information content (AvgIpc) is 3.31. The molecule has 1 amide bonds. The van der Waals surface area contributed by atoms with E-state index in [1.807, 2.05) is 41.4 Å². The average molecular weight is 385 g/mol. The van der Waals surface area contributed by atoms with Crippen LogP contribution in [0.15, 0.2) is 36.5 Å². The van der Waals surface area contributed by atoms with Crippen LogP contribution in [0, 0.1) is 0 Å². The van der Waals surface area contributed by atoms with Crippen molar-refractivity contribution >= 4 is 5.91 Å². The minimum Gasteiger partial charge on any atom is -0.389 e. The number of hydrogen-bond donors (Lipinski definition) is 2. The van der Waals surface area contributed by atoms with Gasteiger partial charge in [0.15, 0.2) is 0 Å². The molecule has 0 spiro atoms. The molecule has 2 saturated heterocycles. The first-order valence-corrected chi connectivity index (χ1v) is 9.87. The molecule has 1 aromatic carbocycles. The van der Waals surface area contributed by atoms with Gasteiger partial charge in [0.05, 0.1) is 37.6 Å². The number of carbonyl (C=O) groups is 1. The number of nitrogens with zero attached hydrogens (tertiary/aromatic N) is 4. The van der Waals surface area contributed by atoms with Crippen molar-refractivity contribution in [2.75, 3.05) is 19.7 Å². The minimum atomic E-state index is -0.548. The summed E-state index contributed by atoms with van der Waals surface area (Å²) >= 11 is 0.